The molecule has 3 aromatic rings. The first-order valence-corrected chi connectivity index (χ1v) is 12.0. The van der Waals surface area contributed by atoms with Gasteiger partial charge in [-0.05, 0) is 49.6 Å². The maximum absolute atomic E-state index is 12.6. The highest BCUT2D eigenvalue weighted by Gasteiger charge is 2.23. The molecule has 1 aliphatic heterocycles. The van der Waals surface area contributed by atoms with E-state index in [9.17, 15) is 13.2 Å². The average molecular weight is 454 g/mol. The Morgan fingerprint density at radius 2 is 1.91 bits per heavy atom. The van der Waals surface area contributed by atoms with Gasteiger partial charge in [-0.2, -0.15) is 5.10 Å². The lowest BCUT2D eigenvalue weighted by Crippen LogP contribution is -2.36. The predicted molar refractivity (Wildman–Crippen MR) is 123 cm³/mol. The molecule has 0 spiro atoms. The first-order valence-electron chi connectivity index (χ1n) is 10.5. The van der Waals surface area contributed by atoms with Crippen LogP contribution in [0.2, 0.25) is 0 Å². The van der Waals surface area contributed by atoms with Gasteiger partial charge in [0.1, 0.15) is 0 Å². The van der Waals surface area contributed by atoms with Gasteiger partial charge in [-0.3, -0.25) is 9.48 Å². The van der Waals surface area contributed by atoms with E-state index in [1.807, 2.05) is 41.6 Å². The summed E-state index contributed by atoms with van der Waals surface area (Å²) in [5, 5.41) is 12.9. The second-order valence-corrected chi connectivity index (χ2v) is 9.64. The third-order valence-electron chi connectivity index (χ3n) is 5.87. The smallest absolute Gasteiger partial charge is 0.239 e. The number of hydrogen-bond acceptors (Lipinski definition) is 5. The van der Waals surface area contributed by atoms with Crippen molar-refractivity contribution in [3.8, 4) is 0 Å². The number of hydrogen-bond donors (Lipinski definition) is 2. The second kappa shape index (κ2) is 8.76. The Kier molecular flexibility index (Phi) is 6.03. The Bertz CT molecular complexity index is 1250. The van der Waals surface area contributed by atoms with Crippen LogP contribution in [0.4, 0.5) is 5.69 Å². The van der Waals surface area contributed by atoms with Gasteiger partial charge in [-0.25, -0.2) is 13.6 Å². The number of anilines is 1. The monoisotopic (exact) mass is 453 g/mol. The number of nitrogens with zero attached hydrogens (tertiary/aromatic N) is 3. The van der Waals surface area contributed by atoms with E-state index in [1.165, 1.54) is 11.6 Å². The summed E-state index contributed by atoms with van der Waals surface area (Å²) >= 11 is 0. The number of sulfonamides is 1. The minimum atomic E-state index is -3.74. The van der Waals surface area contributed by atoms with Crippen LogP contribution in [0.25, 0.3) is 0 Å². The highest BCUT2D eigenvalue weighted by atomic mass is 32.2. The molecule has 0 bridgehead atoms. The van der Waals surface area contributed by atoms with E-state index in [0.717, 1.165) is 28.2 Å². The first-order chi connectivity index (χ1) is 15.2. The number of carbonyl (C=O) groups is 1. The van der Waals surface area contributed by atoms with Gasteiger partial charge in [0.25, 0.3) is 0 Å². The third kappa shape index (κ3) is 4.68. The molecule has 168 valence electrons. The van der Waals surface area contributed by atoms with E-state index >= 15 is 0 Å². The number of nitrogens with one attached hydrogen (secondary N) is 1. The van der Waals surface area contributed by atoms with Crippen LogP contribution in [0.1, 0.15) is 28.1 Å². The minimum absolute atomic E-state index is 0.0945. The summed E-state index contributed by atoms with van der Waals surface area (Å²) in [4.78, 5) is 14.7. The molecule has 0 saturated heterocycles. The van der Waals surface area contributed by atoms with E-state index in [0.29, 0.717) is 26.1 Å². The average Bonchev–Trinajstić information content (AvgIpc) is 3.26. The largest absolute Gasteiger partial charge is 0.362 e. The van der Waals surface area contributed by atoms with Crippen LogP contribution >= 0.6 is 0 Å². The molecular formula is C23H27N5O3S. The van der Waals surface area contributed by atoms with Crippen LogP contribution in [-0.4, -0.2) is 37.2 Å². The molecule has 9 heteroatoms. The van der Waals surface area contributed by atoms with Gasteiger partial charge in [0.15, 0.2) is 0 Å². The predicted octanol–water partition coefficient (Wildman–Crippen LogP) is 1.87. The number of aryl methyl sites for hydroxylation is 1. The molecular weight excluding hydrogens is 426 g/mol. The van der Waals surface area contributed by atoms with E-state index < -0.39 is 10.0 Å². The minimum Gasteiger partial charge on any atom is -0.362 e. The van der Waals surface area contributed by atoms with Crippen molar-refractivity contribution < 1.29 is 13.2 Å². The maximum Gasteiger partial charge on any atom is 0.239 e. The van der Waals surface area contributed by atoms with Gasteiger partial charge in [-0.15, -0.1) is 0 Å². The molecule has 0 saturated carbocycles. The van der Waals surface area contributed by atoms with Crippen molar-refractivity contribution in [1.29, 1.82) is 0 Å². The number of carbonyl (C=O) groups excluding carboxylic acids is 1. The van der Waals surface area contributed by atoms with Crippen LogP contribution in [0, 0.1) is 13.8 Å². The maximum atomic E-state index is 12.6. The summed E-state index contributed by atoms with van der Waals surface area (Å²) in [7, 11) is -3.74. The second-order valence-electron chi connectivity index (χ2n) is 8.08. The Morgan fingerprint density at radius 3 is 2.62 bits per heavy atom. The van der Waals surface area contributed by atoms with E-state index in [-0.39, 0.29) is 17.3 Å². The molecule has 2 heterocycles. The van der Waals surface area contributed by atoms with Crippen molar-refractivity contribution in [2.75, 3.05) is 18.0 Å². The fourth-order valence-electron chi connectivity index (χ4n) is 4.10. The Labute approximate surface area is 188 Å². The van der Waals surface area contributed by atoms with Crippen molar-refractivity contribution in [1.82, 2.24) is 15.1 Å². The van der Waals surface area contributed by atoms with E-state index in [1.54, 1.807) is 12.1 Å². The Balaban J connectivity index is 1.38. The number of rotatable bonds is 7. The standard InChI is InChI=1S/C23H27N5O3S/c1-16-21(17(2)28(26-16)14-18-6-4-3-5-7-18)13-25-23(29)15-27-11-10-19-12-20(32(24,30)31)8-9-22(19)27/h3-9,12H,10-11,13-15H2,1-2H3,(H,25,29)(H2,24,30,31). The fourth-order valence-corrected chi connectivity index (χ4v) is 4.67. The molecule has 0 unspecified atom stereocenters. The van der Waals surface area contributed by atoms with E-state index in [2.05, 4.69) is 22.5 Å². The number of primary sulfonamides is 1. The van der Waals surface area contributed by atoms with Gasteiger partial charge in [0.2, 0.25) is 15.9 Å². The molecule has 1 aromatic heterocycles. The fraction of sp³-hybridized carbons (Fsp3) is 0.304. The highest BCUT2D eigenvalue weighted by Crippen LogP contribution is 2.29. The van der Waals surface area contributed by atoms with Crippen LogP contribution in [-0.2, 0) is 34.3 Å². The molecule has 0 aliphatic carbocycles. The zero-order valence-corrected chi connectivity index (χ0v) is 19.0. The summed E-state index contributed by atoms with van der Waals surface area (Å²) in [5.74, 6) is -0.0945. The lowest BCUT2D eigenvalue weighted by atomic mass is 10.2. The van der Waals surface area contributed by atoms with Gasteiger partial charge in [0.05, 0.1) is 23.7 Å². The number of aromatic nitrogens is 2. The number of benzene rings is 2. The normalized spacial score (nSPS) is 13.3. The molecule has 3 N–H and O–H groups in total. The number of fused-ring (bicyclic) bond motifs is 1. The highest BCUT2D eigenvalue weighted by molar-refractivity contribution is 7.89. The molecule has 4 rings (SSSR count). The van der Waals surface area contributed by atoms with Crippen LogP contribution in [0.5, 0.6) is 0 Å². The molecule has 32 heavy (non-hydrogen) atoms. The molecule has 2 aromatic carbocycles. The number of nitrogens with two attached hydrogens (primary N) is 1. The third-order valence-corrected chi connectivity index (χ3v) is 6.79. The SMILES string of the molecule is Cc1nn(Cc2ccccc2)c(C)c1CNC(=O)CN1CCc2cc(S(N)(=O)=O)ccc21. The zero-order chi connectivity index (χ0) is 22.9. The summed E-state index contributed by atoms with van der Waals surface area (Å²) < 4.78 is 25.1. The summed E-state index contributed by atoms with van der Waals surface area (Å²) in [6.07, 6.45) is 0.677. The van der Waals surface area contributed by atoms with Crippen molar-refractivity contribution in [2.24, 2.45) is 5.14 Å². The van der Waals surface area contributed by atoms with Crippen molar-refractivity contribution in [3.63, 3.8) is 0 Å². The van der Waals surface area contributed by atoms with Crippen LogP contribution in [0.3, 0.4) is 0 Å². The molecule has 8 nitrogen and oxygen atoms in total. The van der Waals surface area contributed by atoms with Gasteiger partial charge in [0, 0.05) is 30.0 Å². The Hall–Kier alpha value is -3.17. The number of amides is 1. The summed E-state index contributed by atoms with van der Waals surface area (Å²) in [6.45, 7) is 5.94. The summed E-state index contributed by atoms with van der Waals surface area (Å²) in [6, 6.07) is 14.9. The molecule has 0 radical (unpaired) electrons. The van der Waals surface area contributed by atoms with Crippen molar-refractivity contribution in [3.05, 3.63) is 76.6 Å². The summed E-state index contributed by atoms with van der Waals surface area (Å²) in [5.41, 5.74) is 5.89. The molecule has 0 fully saturated rings. The van der Waals surface area contributed by atoms with Crippen molar-refractivity contribution >= 4 is 21.6 Å². The van der Waals surface area contributed by atoms with E-state index in [4.69, 9.17) is 5.14 Å². The van der Waals surface area contributed by atoms with Crippen molar-refractivity contribution in [2.45, 2.75) is 38.3 Å². The molecule has 1 aliphatic rings. The lowest BCUT2D eigenvalue weighted by Gasteiger charge is -2.19. The molecule has 0 atom stereocenters. The van der Waals surface area contributed by atoms with Crippen LogP contribution in [0.15, 0.2) is 53.4 Å². The first kappa shape index (κ1) is 22.0. The van der Waals surface area contributed by atoms with Gasteiger partial charge in [-0.1, -0.05) is 30.3 Å². The van der Waals surface area contributed by atoms with Gasteiger partial charge < -0.3 is 10.2 Å². The topological polar surface area (TPSA) is 110 Å². The lowest BCUT2D eigenvalue weighted by molar-refractivity contribution is -0.119. The quantitative estimate of drug-likeness (QED) is 0.568. The Morgan fingerprint density at radius 1 is 1.16 bits per heavy atom. The zero-order valence-electron chi connectivity index (χ0n) is 18.2. The van der Waals surface area contributed by atoms with Crippen LogP contribution < -0.4 is 15.4 Å². The van der Waals surface area contributed by atoms with Gasteiger partial charge >= 0.3 is 0 Å². The molecule has 1 amide bonds.